The van der Waals surface area contributed by atoms with Crippen molar-refractivity contribution in [1.82, 2.24) is 0 Å². The average molecular weight is 470 g/mol. The summed E-state index contributed by atoms with van der Waals surface area (Å²) in [6.45, 7) is 0.492. The molecule has 0 bridgehead atoms. The number of hydrogen-bond donors (Lipinski definition) is 1. The van der Waals surface area contributed by atoms with E-state index in [-0.39, 0.29) is 12.2 Å². The second-order valence-corrected chi connectivity index (χ2v) is 9.59. The molecule has 0 saturated carbocycles. The van der Waals surface area contributed by atoms with Gasteiger partial charge >= 0.3 is 0 Å². The van der Waals surface area contributed by atoms with Crippen molar-refractivity contribution >= 4 is 44.6 Å². The molecule has 1 aliphatic rings. The molecule has 0 unspecified atom stereocenters. The van der Waals surface area contributed by atoms with E-state index in [9.17, 15) is 14.7 Å². The molecule has 6 heteroatoms. The smallest absolute Gasteiger partial charge is 0.264 e. The van der Waals surface area contributed by atoms with Crippen LogP contribution in [-0.4, -0.2) is 23.3 Å². The monoisotopic (exact) mass is 469 g/mol. The standard InChI is InChI=1S/C23H20BrNO3S/c24-21-13-12-20(29-21)19(26)15-23(28)17-10-4-5-11-18(17)25(22(23)27)14-6-9-16-7-2-1-3-8-16/h1-5,7-8,10-13,28H,6,9,14-15H2/t23-/m0/s1. The van der Waals surface area contributed by atoms with Crippen molar-refractivity contribution in [2.45, 2.75) is 24.9 Å². The van der Waals surface area contributed by atoms with E-state index >= 15 is 0 Å². The Hall–Kier alpha value is -2.28. The first-order chi connectivity index (χ1) is 14.0. The molecular weight excluding hydrogens is 450 g/mol. The SMILES string of the molecule is O=C(C[C@@]1(O)C(=O)N(CCCc2ccccc2)c2ccccc21)c1ccc(Br)s1. The second kappa shape index (κ2) is 8.22. The average Bonchev–Trinajstić information content (AvgIpc) is 3.25. The predicted molar refractivity (Wildman–Crippen MR) is 118 cm³/mol. The van der Waals surface area contributed by atoms with Crippen molar-refractivity contribution in [1.29, 1.82) is 0 Å². The molecule has 2 aromatic carbocycles. The normalized spacial score (nSPS) is 18.1. The van der Waals surface area contributed by atoms with Gasteiger partial charge in [-0.3, -0.25) is 9.59 Å². The van der Waals surface area contributed by atoms with Gasteiger partial charge < -0.3 is 10.0 Å². The number of carbonyl (C=O) groups is 2. The number of rotatable bonds is 7. The fraction of sp³-hybridized carbons (Fsp3) is 0.217. The van der Waals surface area contributed by atoms with Crippen LogP contribution in [0.4, 0.5) is 5.69 Å². The van der Waals surface area contributed by atoms with Gasteiger partial charge in [0.25, 0.3) is 5.91 Å². The number of carbonyl (C=O) groups excluding carboxylic acids is 2. The van der Waals surface area contributed by atoms with E-state index in [1.54, 1.807) is 29.2 Å². The molecule has 4 rings (SSSR count). The molecule has 0 radical (unpaired) electrons. The van der Waals surface area contributed by atoms with Crippen LogP contribution in [0.3, 0.4) is 0 Å². The van der Waals surface area contributed by atoms with E-state index in [2.05, 4.69) is 28.1 Å². The maximum Gasteiger partial charge on any atom is 0.264 e. The van der Waals surface area contributed by atoms with Crippen LogP contribution in [0.5, 0.6) is 0 Å². The molecule has 1 atom stereocenters. The number of aliphatic hydroxyl groups is 1. The zero-order valence-electron chi connectivity index (χ0n) is 15.7. The highest BCUT2D eigenvalue weighted by Crippen LogP contribution is 2.43. The van der Waals surface area contributed by atoms with Crippen LogP contribution < -0.4 is 4.90 Å². The van der Waals surface area contributed by atoms with Crippen LogP contribution in [0.25, 0.3) is 0 Å². The number of benzene rings is 2. The molecule has 1 amide bonds. The molecule has 0 spiro atoms. The van der Waals surface area contributed by atoms with Crippen molar-refractivity contribution in [3.8, 4) is 0 Å². The number of ketones is 1. The Morgan fingerprint density at radius 2 is 1.76 bits per heavy atom. The zero-order chi connectivity index (χ0) is 20.4. The lowest BCUT2D eigenvalue weighted by molar-refractivity contribution is -0.135. The molecule has 1 aliphatic heterocycles. The van der Waals surface area contributed by atoms with Crippen molar-refractivity contribution in [2.24, 2.45) is 0 Å². The molecule has 148 valence electrons. The van der Waals surface area contributed by atoms with E-state index in [1.807, 2.05) is 30.3 Å². The van der Waals surface area contributed by atoms with Gasteiger partial charge in [0.15, 0.2) is 11.4 Å². The molecule has 0 fully saturated rings. The highest BCUT2D eigenvalue weighted by atomic mass is 79.9. The Morgan fingerprint density at radius 1 is 1.03 bits per heavy atom. The van der Waals surface area contributed by atoms with Gasteiger partial charge in [0.2, 0.25) is 0 Å². The van der Waals surface area contributed by atoms with Crippen molar-refractivity contribution < 1.29 is 14.7 Å². The molecule has 4 nitrogen and oxygen atoms in total. The molecule has 29 heavy (non-hydrogen) atoms. The number of para-hydroxylation sites is 1. The maximum atomic E-state index is 13.2. The second-order valence-electron chi connectivity index (χ2n) is 7.13. The fourth-order valence-corrected chi connectivity index (χ4v) is 5.09. The Bertz CT molecular complexity index is 1050. The third-order valence-electron chi connectivity index (χ3n) is 5.19. The molecule has 0 saturated heterocycles. The van der Waals surface area contributed by atoms with Crippen LogP contribution >= 0.6 is 27.3 Å². The van der Waals surface area contributed by atoms with E-state index in [1.165, 1.54) is 16.9 Å². The third kappa shape index (κ3) is 3.92. The number of aryl methyl sites for hydroxylation is 1. The van der Waals surface area contributed by atoms with Gasteiger partial charge in [-0.15, -0.1) is 11.3 Å². The van der Waals surface area contributed by atoms with Gasteiger partial charge in [-0.05, 0) is 52.5 Å². The predicted octanol–water partition coefficient (Wildman–Crippen LogP) is 4.95. The number of thiophene rings is 1. The van der Waals surface area contributed by atoms with Gasteiger partial charge in [0.1, 0.15) is 0 Å². The lowest BCUT2D eigenvalue weighted by Gasteiger charge is -2.22. The van der Waals surface area contributed by atoms with Gasteiger partial charge in [0.05, 0.1) is 20.8 Å². The summed E-state index contributed by atoms with van der Waals surface area (Å²) >= 11 is 4.65. The Morgan fingerprint density at radius 3 is 2.48 bits per heavy atom. The summed E-state index contributed by atoms with van der Waals surface area (Å²) in [5.74, 6) is -0.659. The summed E-state index contributed by atoms with van der Waals surface area (Å²) in [5, 5.41) is 11.3. The summed E-state index contributed by atoms with van der Waals surface area (Å²) in [4.78, 5) is 28.1. The fourth-order valence-electron chi connectivity index (χ4n) is 3.77. The minimum absolute atomic E-state index is 0.238. The van der Waals surface area contributed by atoms with Crippen LogP contribution in [0.15, 0.2) is 70.5 Å². The number of halogens is 1. The van der Waals surface area contributed by atoms with Crippen molar-refractivity contribution in [2.75, 3.05) is 11.4 Å². The van der Waals surface area contributed by atoms with E-state index < -0.39 is 11.5 Å². The van der Waals surface area contributed by atoms with Gasteiger partial charge in [-0.2, -0.15) is 0 Å². The number of fused-ring (bicyclic) bond motifs is 1. The first-order valence-electron chi connectivity index (χ1n) is 9.45. The van der Waals surface area contributed by atoms with E-state index in [4.69, 9.17) is 0 Å². The highest BCUT2D eigenvalue weighted by Gasteiger charge is 2.50. The van der Waals surface area contributed by atoms with Gasteiger partial charge in [0, 0.05) is 12.1 Å². The third-order valence-corrected chi connectivity index (χ3v) is 6.86. The van der Waals surface area contributed by atoms with Crippen LogP contribution in [0, 0.1) is 0 Å². The van der Waals surface area contributed by atoms with Gasteiger partial charge in [-0.25, -0.2) is 0 Å². The summed E-state index contributed by atoms with van der Waals surface area (Å²) in [6, 6.07) is 20.8. The summed E-state index contributed by atoms with van der Waals surface area (Å²) in [7, 11) is 0. The number of amides is 1. The molecule has 3 aromatic rings. The minimum atomic E-state index is -1.82. The van der Waals surface area contributed by atoms with Crippen molar-refractivity contribution in [3.05, 3.63) is 86.5 Å². The minimum Gasteiger partial charge on any atom is -0.375 e. The molecule has 1 aromatic heterocycles. The van der Waals surface area contributed by atoms with Crippen LogP contribution in [0.2, 0.25) is 0 Å². The quantitative estimate of drug-likeness (QED) is 0.497. The number of Topliss-reactive ketones (excluding diaryl/α,β-unsaturated/α-hetero) is 1. The summed E-state index contributed by atoms with van der Waals surface area (Å²) in [6.07, 6.45) is 1.35. The number of anilines is 1. The Labute approximate surface area is 181 Å². The zero-order valence-corrected chi connectivity index (χ0v) is 18.1. The van der Waals surface area contributed by atoms with Crippen LogP contribution in [0.1, 0.15) is 33.6 Å². The lowest BCUT2D eigenvalue weighted by atomic mass is 9.89. The molecule has 0 aliphatic carbocycles. The van der Waals surface area contributed by atoms with Crippen LogP contribution in [-0.2, 0) is 16.8 Å². The Kier molecular flexibility index (Phi) is 5.67. The molecular formula is C23H20BrNO3S. The number of hydrogen-bond acceptors (Lipinski definition) is 4. The van der Waals surface area contributed by atoms with Crippen molar-refractivity contribution in [3.63, 3.8) is 0 Å². The maximum absolute atomic E-state index is 13.2. The first kappa shape index (κ1) is 20.0. The Balaban J connectivity index is 1.54. The topological polar surface area (TPSA) is 57.6 Å². The highest BCUT2D eigenvalue weighted by molar-refractivity contribution is 9.11. The summed E-state index contributed by atoms with van der Waals surface area (Å²) in [5.41, 5.74) is 0.583. The number of nitrogens with zero attached hydrogens (tertiary/aromatic N) is 1. The molecule has 1 N–H and O–H groups in total. The first-order valence-corrected chi connectivity index (χ1v) is 11.1. The lowest BCUT2D eigenvalue weighted by Crippen LogP contribution is -2.42. The summed E-state index contributed by atoms with van der Waals surface area (Å²) < 4.78 is 0.841. The van der Waals surface area contributed by atoms with Gasteiger partial charge in [-0.1, -0.05) is 48.5 Å². The largest absolute Gasteiger partial charge is 0.375 e. The molecule has 2 heterocycles. The van der Waals surface area contributed by atoms with E-state index in [0.29, 0.717) is 22.7 Å². The van der Waals surface area contributed by atoms with E-state index in [0.717, 1.165) is 16.6 Å².